The Morgan fingerprint density at radius 2 is 2.12 bits per heavy atom. The molecule has 1 rings (SSSR count). The highest BCUT2D eigenvalue weighted by molar-refractivity contribution is 7.98. The van der Waals surface area contributed by atoms with Gasteiger partial charge in [0.25, 0.3) is 0 Å². The van der Waals surface area contributed by atoms with Crippen molar-refractivity contribution in [3.8, 4) is 0 Å². The van der Waals surface area contributed by atoms with Crippen LogP contribution in [0.15, 0.2) is 0 Å². The molecule has 16 heavy (non-hydrogen) atoms. The first kappa shape index (κ1) is 13.8. The molecule has 1 aliphatic rings. The maximum atomic E-state index is 11.9. The van der Waals surface area contributed by atoms with Gasteiger partial charge in [0.05, 0.1) is 6.54 Å². The molecule has 0 saturated heterocycles. The van der Waals surface area contributed by atoms with Gasteiger partial charge in [-0.1, -0.05) is 12.8 Å². The number of nitrogens with one attached hydrogen (secondary N) is 1. The van der Waals surface area contributed by atoms with Crippen LogP contribution in [-0.4, -0.2) is 48.5 Å². The van der Waals surface area contributed by atoms with Crippen molar-refractivity contribution in [1.82, 2.24) is 10.2 Å². The van der Waals surface area contributed by atoms with Gasteiger partial charge in [0.1, 0.15) is 0 Å². The fourth-order valence-corrected chi connectivity index (χ4v) is 2.79. The Labute approximate surface area is 103 Å². The Bertz CT molecular complexity index is 217. The molecule has 0 bridgehead atoms. The molecule has 0 aromatic rings. The molecule has 0 spiro atoms. The first-order valence-electron chi connectivity index (χ1n) is 6.13. The van der Waals surface area contributed by atoms with Crippen LogP contribution in [0.3, 0.4) is 0 Å². The van der Waals surface area contributed by atoms with Gasteiger partial charge in [-0.25, -0.2) is 0 Å². The van der Waals surface area contributed by atoms with Crippen LogP contribution in [0, 0.1) is 0 Å². The summed E-state index contributed by atoms with van der Waals surface area (Å²) in [5.74, 6) is 1.22. The summed E-state index contributed by atoms with van der Waals surface area (Å²) in [6.07, 6.45) is 7.16. The van der Waals surface area contributed by atoms with E-state index in [1.165, 1.54) is 25.7 Å². The number of thioether (sulfide) groups is 1. The Balaban J connectivity index is 2.22. The summed E-state index contributed by atoms with van der Waals surface area (Å²) in [5, 5.41) is 3.36. The molecule has 0 radical (unpaired) electrons. The highest BCUT2D eigenvalue weighted by Gasteiger charge is 2.18. The number of amides is 1. The lowest BCUT2D eigenvalue weighted by molar-refractivity contribution is -0.130. The van der Waals surface area contributed by atoms with Crippen LogP contribution in [0.25, 0.3) is 0 Å². The SMILES string of the molecule is CSCC(C)N(C)C(=O)CNC1CCCC1. The standard InChI is InChI=1S/C12H24N2OS/c1-10(9-16-3)14(2)12(15)8-13-11-6-4-5-7-11/h10-11,13H,4-9H2,1-3H3. The normalized spacial score (nSPS) is 18.7. The number of hydrogen-bond acceptors (Lipinski definition) is 3. The molecule has 1 N–H and O–H groups in total. The zero-order valence-electron chi connectivity index (χ0n) is 10.7. The van der Waals surface area contributed by atoms with Crippen molar-refractivity contribution < 1.29 is 4.79 Å². The van der Waals surface area contributed by atoms with Crippen molar-refractivity contribution in [3.63, 3.8) is 0 Å². The van der Waals surface area contributed by atoms with Gasteiger partial charge in [0, 0.05) is 24.9 Å². The molecule has 1 saturated carbocycles. The highest BCUT2D eigenvalue weighted by atomic mass is 32.2. The summed E-state index contributed by atoms with van der Waals surface area (Å²) in [4.78, 5) is 13.7. The van der Waals surface area contributed by atoms with Crippen LogP contribution in [0.1, 0.15) is 32.6 Å². The van der Waals surface area contributed by atoms with E-state index in [2.05, 4.69) is 18.5 Å². The van der Waals surface area contributed by atoms with E-state index in [0.29, 0.717) is 18.6 Å². The monoisotopic (exact) mass is 244 g/mol. The topological polar surface area (TPSA) is 32.3 Å². The summed E-state index contributed by atoms with van der Waals surface area (Å²) in [6.45, 7) is 2.60. The third kappa shape index (κ3) is 4.34. The summed E-state index contributed by atoms with van der Waals surface area (Å²) < 4.78 is 0. The van der Waals surface area contributed by atoms with E-state index >= 15 is 0 Å². The number of rotatable bonds is 6. The Hall–Kier alpha value is -0.220. The van der Waals surface area contributed by atoms with Gasteiger partial charge in [-0.2, -0.15) is 11.8 Å². The van der Waals surface area contributed by atoms with Crippen LogP contribution in [0.4, 0.5) is 0 Å². The van der Waals surface area contributed by atoms with Crippen molar-refractivity contribution in [2.45, 2.75) is 44.7 Å². The maximum absolute atomic E-state index is 11.9. The molecular formula is C12H24N2OS. The molecule has 0 aromatic heterocycles. The molecule has 1 amide bonds. The summed E-state index contributed by atoms with van der Waals surface area (Å²) in [6, 6.07) is 0.904. The van der Waals surface area contributed by atoms with E-state index in [-0.39, 0.29) is 5.91 Å². The molecule has 1 aliphatic carbocycles. The van der Waals surface area contributed by atoms with Crippen LogP contribution >= 0.6 is 11.8 Å². The molecule has 4 heteroatoms. The molecule has 0 aliphatic heterocycles. The van der Waals surface area contributed by atoms with Gasteiger partial charge in [-0.15, -0.1) is 0 Å². The molecule has 0 heterocycles. The second kappa shape index (κ2) is 7.17. The van der Waals surface area contributed by atoms with Crippen molar-refractivity contribution in [2.24, 2.45) is 0 Å². The van der Waals surface area contributed by atoms with E-state index in [4.69, 9.17) is 0 Å². The second-order valence-corrected chi connectivity index (χ2v) is 5.58. The fourth-order valence-electron chi connectivity index (χ4n) is 2.09. The summed E-state index contributed by atoms with van der Waals surface area (Å²) in [5.41, 5.74) is 0. The molecule has 1 atom stereocenters. The molecule has 0 aromatic carbocycles. The lowest BCUT2D eigenvalue weighted by atomic mass is 10.2. The lowest BCUT2D eigenvalue weighted by Crippen LogP contribution is -2.43. The highest BCUT2D eigenvalue weighted by Crippen LogP contribution is 2.17. The smallest absolute Gasteiger partial charge is 0.236 e. The van der Waals surface area contributed by atoms with Crippen LogP contribution in [-0.2, 0) is 4.79 Å². The summed E-state index contributed by atoms with van der Waals surface area (Å²) >= 11 is 1.78. The average molecular weight is 244 g/mol. The van der Waals surface area contributed by atoms with Gasteiger partial charge < -0.3 is 10.2 Å². The Morgan fingerprint density at radius 1 is 1.50 bits per heavy atom. The van der Waals surface area contributed by atoms with Gasteiger partial charge in [0.15, 0.2) is 0 Å². The van der Waals surface area contributed by atoms with Gasteiger partial charge in [-0.05, 0) is 26.0 Å². The van der Waals surface area contributed by atoms with E-state index in [1.54, 1.807) is 11.8 Å². The predicted molar refractivity (Wildman–Crippen MR) is 70.9 cm³/mol. The molecule has 1 fully saturated rings. The Morgan fingerprint density at radius 3 is 2.69 bits per heavy atom. The van der Waals surface area contributed by atoms with Crippen LogP contribution < -0.4 is 5.32 Å². The van der Waals surface area contributed by atoms with E-state index in [9.17, 15) is 4.79 Å². The summed E-state index contributed by atoms with van der Waals surface area (Å²) in [7, 11) is 1.90. The van der Waals surface area contributed by atoms with Crippen molar-refractivity contribution in [3.05, 3.63) is 0 Å². The average Bonchev–Trinajstić information content (AvgIpc) is 2.78. The van der Waals surface area contributed by atoms with E-state index in [1.807, 2.05) is 11.9 Å². The third-order valence-electron chi connectivity index (χ3n) is 3.36. The van der Waals surface area contributed by atoms with Gasteiger partial charge in [-0.3, -0.25) is 4.79 Å². The minimum absolute atomic E-state index is 0.216. The number of nitrogens with zero attached hydrogens (tertiary/aromatic N) is 1. The number of likely N-dealkylation sites (N-methyl/N-ethyl adjacent to an activating group) is 1. The maximum Gasteiger partial charge on any atom is 0.236 e. The first-order chi connectivity index (χ1) is 7.65. The number of hydrogen-bond donors (Lipinski definition) is 1. The minimum Gasteiger partial charge on any atom is -0.341 e. The van der Waals surface area contributed by atoms with Crippen LogP contribution in [0.5, 0.6) is 0 Å². The van der Waals surface area contributed by atoms with Gasteiger partial charge >= 0.3 is 0 Å². The minimum atomic E-state index is 0.216. The zero-order chi connectivity index (χ0) is 12.0. The van der Waals surface area contributed by atoms with Crippen molar-refractivity contribution in [1.29, 1.82) is 0 Å². The van der Waals surface area contributed by atoms with Crippen LogP contribution in [0.2, 0.25) is 0 Å². The van der Waals surface area contributed by atoms with E-state index < -0.39 is 0 Å². The van der Waals surface area contributed by atoms with Crippen molar-refractivity contribution in [2.75, 3.05) is 25.6 Å². The molecule has 1 unspecified atom stereocenters. The van der Waals surface area contributed by atoms with Crippen molar-refractivity contribution >= 4 is 17.7 Å². The number of carbonyl (C=O) groups excluding carboxylic acids is 1. The molecular weight excluding hydrogens is 220 g/mol. The zero-order valence-corrected chi connectivity index (χ0v) is 11.5. The van der Waals surface area contributed by atoms with Gasteiger partial charge in [0.2, 0.25) is 5.91 Å². The Kier molecular flexibility index (Phi) is 6.21. The molecule has 3 nitrogen and oxygen atoms in total. The largest absolute Gasteiger partial charge is 0.341 e. The lowest BCUT2D eigenvalue weighted by Gasteiger charge is -2.25. The molecule has 94 valence electrons. The predicted octanol–water partition coefficient (Wildman–Crippen LogP) is 1.73. The fraction of sp³-hybridized carbons (Fsp3) is 0.917. The third-order valence-corrected chi connectivity index (χ3v) is 4.18. The van der Waals surface area contributed by atoms with E-state index in [0.717, 1.165) is 5.75 Å². The quantitative estimate of drug-likeness (QED) is 0.772. The first-order valence-corrected chi connectivity index (χ1v) is 7.52. The second-order valence-electron chi connectivity index (χ2n) is 4.67. The number of carbonyl (C=O) groups is 1.